The van der Waals surface area contributed by atoms with E-state index in [1.165, 1.54) is 32.2 Å². The van der Waals surface area contributed by atoms with E-state index >= 15 is 0 Å². The van der Waals surface area contributed by atoms with Gasteiger partial charge in [0.2, 0.25) is 0 Å². The lowest BCUT2D eigenvalue weighted by Crippen LogP contribution is -2.37. The van der Waals surface area contributed by atoms with Crippen LogP contribution in [0.15, 0.2) is 36.4 Å². The molecule has 2 atom stereocenters. The number of benzene rings is 2. The van der Waals surface area contributed by atoms with Gasteiger partial charge in [-0.05, 0) is 43.7 Å². The van der Waals surface area contributed by atoms with Crippen LogP contribution in [0.1, 0.15) is 25.5 Å². The molecule has 0 aliphatic rings. The van der Waals surface area contributed by atoms with Crippen LogP contribution in [-0.2, 0) is 4.79 Å². The average molecular weight is 413 g/mol. The van der Waals surface area contributed by atoms with E-state index in [1.807, 2.05) is 0 Å². The van der Waals surface area contributed by atoms with Crippen molar-refractivity contribution in [3.63, 3.8) is 0 Å². The molecule has 2 aromatic rings. The summed E-state index contributed by atoms with van der Waals surface area (Å²) in [6.07, 6.45) is -0.967. The molecule has 1 N–H and O–H groups in total. The molecule has 0 heterocycles. The van der Waals surface area contributed by atoms with Crippen molar-refractivity contribution in [1.82, 2.24) is 5.32 Å². The van der Waals surface area contributed by atoms with Gasteiger partial charge in [0.05, 0.1) is 24.1 Å². The summed E-state index contributed by atoms with van der Waals surface area (Å²) >= 11 is 12.0. The van der Waals surface area contributed by atoms with Crippen LogP contribution in [-0.4, -0.2) is 24.0 Å². The first-order chi connectivity index (χ1) is 12.7. The number of nitrogens with one attached hydrogen (secondary N) is 1. The molecule has 0 radical (unpaired) electrons. The van der Waals surface area contributed by atoms with Gasteiger partial charge in [-0.25, -0.2) is 0 Å². The summed E-state index contributed by atoms with van der Waals surface area (Å²) in [7, 11) is 1.40. The van der Waals surface area contributed by atoms with E-state index in [0.717, 1.165) is 0 Å². The Hall–Kier alpha value is -2.51. The maximum atomic E-state index is 12.4. The Bertz CT molecular complexity index is 860. The minimum absolute atomic E-state index is 0.0272. The summed E-state index contributed by atoms with van der Waals surface area (Å²) in [5, 5.41) is 14.9. The van der Waals surface area contributed by atoms with Gasteiger partial charge in [0.15, 0.2) is 11.9 Å². The van der Waals surface area contributed by atoms with Crippen molar-refractivity contribution < 1.29 is 19.2 Å². The van der Waals surface area contributed by atoms with Crippen LogP contribution < -0.4 is 14.8 Å². The number of rotatable bonds is 7. The maximum Gasteiger partial charge on any atom is 0.314 e. The minimum Gasteiger partial charge on any atom is -0.496 e. The molecule has 0 aliphatic carbocycles. The van der Waals surface area contributed by atoms with Crippen molar-refractivity contribution >= 4 is 34.8 Å². The first-order valence-corrected chi connectivity index (χ1v) is 8.73. The van der Waals surface area contributed by atoms with Crippen molar-refractivity contribution in [1.29, 1.82) is 0 Å². The highest BCUT2D eigenvalue weighted by Gasteiger charge is 2.23. The third-order valence-electron chi connectivity index (χ3n) is 3.82. The summed E-state index contributed by atoms with van der Waals surface area (Å²) in [6.45, 7) is 3.26. The van der Waals surface area contributed by atoms with E-state index in [1.54, 1.807) is 25.1 Å². The fourth-order valence-corrected chi connectivity index (χ4v) is 2.94. The van der Waals surface area contributed by atoms with Crippen LogP contribution >= 0.6 is 23.2 Å². The first-order valence-electron chi connectivity index (χ1n) is 7.97. The van der Waals surface area contributed by atoms with Gasteiger partial charge in [0.1, 0.15) is 5.75 Å². The summed E-state index contributed by atoms with van der Waals surface area (Å²) < 4.78 is 10.5. The van der Waals surface area contributed by atoms with E-state index in [0.29, 0.717) is 21.4 Å². The normalized spacial score (nSPS) is 12.8. The highest BCUT2D eigenvalue weighted by molar-refractivity contribution is 6.35. The minimum atomic E-state index is -0.967. The monoisotopic (exact) mass is 412 g/mol. The van der Waals surface area contributed by atoms with Crippen LogP contribution in [0.2, 0.25) is 10.0 Å². The van der Waals surface area contributed by atoms with Gasteiger partial charge in [0, 0.05) is 10.0 Å². The van der Waals surface area contributed by atoms with E-state index in [4.69, 9.17) is 32.7 Å². The molecular formula is C18H18Cl2N2O5. The number of ether oxygens (including phenoxy) is 2. The zero-order chi connectivity index (χ0) is 20.1. The molecule has 0 aromatic heterocycles. The van der Waals surface area contributed by atoms with E-state index in [-0.39, 0.29) is 11.4 Å². The Labute approximate surface area is 166 Å². The molecule has 0 unspecified atom stereocenters. The molecule has 0 bridgehead atoms. The lowest BCUT2D eigenvalue weighted by Gasteiger charge is -2.20. The Morgan fingerprint density at radius 2 is 1.89 bits per heavy atom. The second kappa shape index (κ2) is 8.92. The molecule has 0 aliphatic heterocycles. The van der Waals surface area contributed by atoms with Gasteiger partial charge in [-0.3, -0.25) is 14.9 Å². The number of nitro benzene ring substituents is 1. The third-order valence-corrected chi connectivity index (χ3v) is 4.39. The Morgan fingerprint density at radius 1 is 1.19 bits per heavy atom. The number of nitro groups is 1. The molecule has 2 aromatic carbocycles. The van der Waals surface area contributed by atoms with E-state index < -0.39 is 23.0 Å². The number of methoxy groups -OCH3 is 1. The zero-order valence-corrected chi connectivity index (χ0v) is 16.4. The molecule has 144 valence electrons. The molecule has 0 saturated heterocycles. The van der Waals surface area contributed by atoms with Gasteiger partial charge < -0.3 is 14.8 Å². The van der Waals surface area contributed by atoms with Gasteiger partial charge in [-0.15, -0.1) is 0 Å². The topological polar surface area (TPSA) is 90.7 Å². The quantitative estimate of drug-likeness (QED) is 0.531. The Kier molecular flexibility index (Phi) is 6.87. The number of amides is 1. The van der Waals surface area contributed by atoms with Crippen LogP contribution in [0.5, 0.6) is 11.5 Å². The van der Waals surface area contributed by atoms with Crippen LogP contribution in [0.4, 0.5) is 5.69 Å². The Morgan fingerprint density at radius 3 is 2.48 bits per heavy atom. The van der Waals surface area contributed by atoms with Gasteiger partial charge in [0.25, 0.3) is 5.91 Å². The predicted octanol–water partition coefficient (Wildman–Crippen LogP) is 4.55. The first kappa shape index (κ1) is 20.8. The van der Waals surface area contributed by atoms with Crippen molar-refractivity contribution in [3.05, 3.63) is 62.1 Å². The van der Waals surface area contributed by atoms with Crippen LogP contribution in [0.25, 0.3) is 0 Å². The lowest BCUT2D eigenvalue weighted by atomic mass is 10.1. The number of halogens is 2. The molecule has 27 heavy (non-hydrogen) atoms. The van der Waals surface area contributed by atoms with Gasteiger partial charge >= 0.3 is 5.69 Å². The predicted molar refractivity (Wildman–Crippen MR) is 103 cm³/mol. The van der Waals surface area contributed by atoms with Crippen LogP contribution in [0.3, 0.4) is 0 Å². The van der Waals surface area contributed by atoms with E-state index in [9.17, 15) is 14.9 Å². The maximum absolute atomic E-state index is 12.4. The number of carbonyl (C=O) groups is 1. The smallest absolute Gasteiger partial charge is 0.314 e. The molecule has 2 rings (SSSR count). The molecule has 0 saturated carbocycles. The summed E-state index contributed by atoms with van der Waals surface area (Å²) in [5.41, 5.74) is 0.403. The number of nitrogens with zero attached hydrogens (tertiary/aromatic N) is 1. The lowest BCUT2D eigenvalue weighted by molar-refractivity contribution is -0.386. The SMILES string of the molecule is COc1ccc(O[C@H](C)C(=O)N[C@H](C)c2ccc(Cl)cc2Cl)c([N+](=O)[O-])c1. The average Bonchev–Trinajstić information content (AvgIpc) is 2.61. The summed E-state index contributed by atoms with van der Waals surface area (Å²) in [6, 6.07) is 8.71. The van der Waals surface area contributed by atoms with Crippen molar-refractivity contribution in [3.8, 4) is 11.5 Å². The highest BCUT2D eigenvalue weighted by atomic mass is 35.5. The largest absolute Gasteiger partial charge is 0.496 e. The van der Waals surface area contributed by atoms with Crippen LogP contribution in [0, 0.1) is 10.1 Å². The fourth-order valence-electron chi connectivity index (χ4n) is 2.37. The number of hydrogen-bond acceptors (Lipinski definition) is 5. The van der Waals surface area contributed by atoms with Gasteiger partial charge in [-0.2, -0.15) is 0 Å². The molecule has 9 heteroatoms. The summed E-state index contributed by atoms with van der Waals surface area (Å²) in [4.78, 5) is 23.0. The summed E-state index contributed by atoms with van der Waals surface area (Å²) in [5.74, 6) is -0.156. The van der Waals surface area contributed by atoms with Crippen molar-refractivity contribution in [2.45, 2.75) is 26.0 Å². The molecule has 0 fully saturated rings. The molecule has 0 spiro atoms. The highest BCUT2D eigenvalue weighted by Crippen LogP contribution is 2.32. The fraction of sp³-hybridized carbons (Fsp3) is 0.278. The number of carbonyl (C=O) groups excluding carboxylic acids is 1. The van der Waals surface area contributed by atoms with E-state index in [2.05, 4.69) is 5.32 Å². The third kappa shape index (κ3) is 5.24. The molecule has 1 amide bonds. The second-order valence-electron chi connectivity index (χ2n) is 5.75. The Balaban J connectivity index is 2.10. The second-order valence-corrected chi connectivity index (χ2v) is 6.59. The van der Waals surface area contributed by atoms with Gasteiger partial charge in [-0.1, -0.05) is 29.3 Å². The molecule has 7 nitrogen and oxygen atoms in total. The van der Waals surface area contributed by atoms with Crippen molar-refractivity contribution in [2.75, 3.05) is 7.11 Å². The number of hydrogen-bond donors (Lipinski definition) is 1. The molecular weight excluding hydrogens is 395 g/mol. The van der Waals surface area contributed by atoms with Crippen molar-refractivity contribution in [2.24, 2.45) is 0 Å². The zero-order valence-electron chi connectivity index (χ0n) is 14.9. The standard InChI is InChI=1S/C18H18Cl2N2O5/c1-10(14-6-4-12(19)8-15(14)20)21-18(23)11(2)27-17-7-5-13(26-3)9-16(17)22(24)25/h4-11H,1-3H3,(H,21,23)/t10-,11-/m1/s1.